The van der Waals surface area contributed by atoms with Gasteiger partial charge in [0, 0.05) is 13.1 Å². The van der Waals surface area contributed by atoms with E-state index in [0.717, 1.165) is 0 Å². The van der Waals surface area contributed by atoms with Gasteiger partial charge in [-0.2, -0.15) is 0 Å². The predicted octanol–water partition coefficient (Wildman–Crippen LogP) is 2.62. The molecule has 1 unspecified atom stereocenters. The molecule has 0 bridgehead atoms. The molecular weight excluding hydrogens is 287 g/mol. The van der Waals surface area contributed by atoms with E-state index in [1.807, 2.05) is 0 Å². The van der Waals surface area contributed by atoms with Gasteiger partial charge in [0.25, 0.3) is 0 Å². The number of hydrogen-bond donors (Lipinski definition) is 1. The molecule has 1 N–H and O–H groups in total. The van der Waals surface area contributed by atoms with Crippen molar-refractivity contribution in [1.82, 2.24) is 10.2 Å². The van der Waals surface area contributed by atoms with Crippen molar-refractivity contribution in [2.24, 2.45) is 0 Å². The number of rotatable bonds is 1. The van der Waals surface area contributed by atoms with Crippen molar-refractivity contribution >= 4 is 12.0 Å². The highest BCUT2D eigenvalue weighted by molar-refractivity contribution is 5.87. The summed E-state index contributed by atoms with van der Waals surface area (Å²) in [6.07, 6.45) is 0.0513. The normalized spacial score (nSPS) is 19.4. The minimum atomic E-state index is -0.881. The molecule has 22 heavy (non-hydrogen) atoms. The fourth-order valence-electron chi connectivity index (χ4n) is 2.35. The van der Waals surface area contributed by atoms with E-state index < -0.39 is 23.6 Å². The predicted molar refractivity (Wildman–Crippen MR) is 79.7 cm³/mol. The van der Waals surface area contributed by atoms with Crippen LogP contribution in [0.5, 0.6) is 0 Å². The van der Waals surface area contributed by atoms with Gasteiger partial charge in [0.05, 0.1) is 0 Å². The minimum Gasteiger partial charge on any atom is -0.444 e. The second kappa shape index (κ2) is 6.34. The van der Waals surface area contributed by atoms with Crippen LogP contribution in [0.15, 0.2) is 24.3 Å². The molecule has 1 aromatic carbocycles. The maximum Gasteiger partial charge on any atom is 0.411 e. The second-order valence-corrected chi connectivity index (χ2v) is 6.28. The first kappa shape index (κ1) is 16.3. The quantitative estimate of drug-likeness (QED) is 0.867. The van der Waals surface area contributed by atoms with Crippen LogP contribution in [0.3, 0.4) is 0 Å². The summed E-state index contributed by atoms with van der Waals surface area (Å²) >= 11 is 0. The van der Waals surface area contributed by atoms with Crippen LogP contribution in [0.25, 0.3) is 0 Å². The van der Waals surface area contributed by atoms with Gasteiger partial charge < -0.3 is 10.1 Å². The van der Waals surface area contributed by atoms with Crippen molar-refractivity contribution in [1.29, 1.82) is 0 Å². The van der Waals surface area contributed by atoms with Crippen molar-refractivity contribution in [2.75, 3.05) is 13.1 Å². The van der Waals surface area contributed by atoms with E-state index in [1.54, 1.807) is 26.8 Å². The molecule has 1 aromatic rings. The number of nitrogens with zero attached hydrogens (tertiary/aromatic N) is 1. The lowest BCUT2D eigenvalue weighted by molar-refractivity contribution is -0.125. The van der Waals surface area contributed by atoms with Gasteiger partial charge in [-0.15, -0.1) is 0 Å². The number of nitrogens with one attached hydrogen (secondary N) is 1. The first-order valence-electron chi connectivity index (χ1n) is 7.31. The standard InChI is InChI=1S/C16H21FN2O3/c1-16(2,3)22-15(21)19-9-5-8-18-14(20)13(19)11-6-4-7-12(17)10-11/h4,6-7,10,13H,5,8-9H2,1-3H3,(H,18,20). The lowest BCUT2D eigenvalue weighted by atomic mass is 10.0. The van der Waals surface area contributed by atoms with E-state index in [0.29, 0.717) is 25.1 Å². The van der Waals surface area contributed by atoms with Crippen molar-refractivity contribution in [2.45, 2.75) is 38.8 Å². The Morgan fingerprint density at radius 2 is 2.14 bits per heavy atom. The summed E-state index contributed by atoms with van der Waals surface area (Å²) in [4.78, 5) is 26.1. The molecule has 0 aromatic heterocycles. The highest BCUT2D eigenvalue weighted by Gasteiger charge is 2.35. The van der Waals surface area contributed by atoms with E-state index in [1.165, 1.54) is 23.1 Å². The van der Waals surface area contributed by atoms with E-state index in [4.69, 9.17) is 4.74 Å². The average Bonchev–Trinajstić information content (AvgIpc) is 2.58. The van der Waals surface area contributed by atoms with Gasteiger partial charge in [0.1, 0.15) is 17.5 Å². The largest absolute Gasteiger partial charge is 0.444 e. The third-order valence-electron chi connectivity index (χ3n) is 3.23. The highest BCUT2D eigenvalue weighted by atomic mass is 19.1. The number of ether oxygens (including phenoxy) is 1. The molecule has 0 aliphatic carbocycles. The molecule has 1 fully saturated rings. The summed E-state index contributed by atoms with van der Waals surface area (Å²) < 4.78 is 18.9. The Labute approximate surface area is 129 Å². The number of carbonyl (C=O) groups is 2. The van der Waals surface area contributed by atoms with Gasteiger partial charge in [-0.1, -0.05) is 12.1 Å². The molecule has 1 heterocycles. The maximum absolute atomic E-state index is 13.5. The van der Waals surface area contributed by atoms with Crippen molar-refractivity contribution in [3.8, 4) is 0 Å². The van der Waals surface area contributed by atoms with Gasteiger partial charge in [-0.25, -0.2) is 9.18 Å². The van der Waals surface area contributed by atoms with Crippen LogP contribution in [-0.2, 0) is 9.53 Å². The fraction of sp³-hybridized carbons (Fsp3) is 0.500. The number of carbonyl (C=O) groups excluding carboxylic acids is 2. The second-order valence-electron chi connectivity index (χ2n) is 6.28. The van der Waals surface area contributed by atoms with Crippen molar-refractivity contribution in [3.05, 3.63) is 35.6 Å². The summed E-state index contributed by atoms with van der Waals surface area (Å²) in [6, 6.07) is 4.85. The summed E-state index contributed by atoms with van der Waals surface area (Å²) in [5.74, 6) is -0.771. The zero-order valence-electron chi connectivity index (χ0n) is 13.1. The van der Waals surface area contributed by atoms with Crippen molar-refractivity contribution < 1.29 is 18.7 Å². The summed E-state index contributed by atoms with van der Waals surface area (Å²) in [5.41, 5.74) is -0.225. The third kappa shape index (κ3) is 3.96. The molecule has 0 spiro atoms. The first-order valence-corrected chi connectivity index (χ1v) is 7.31. The molecule has 2 amide bonds. The molecule has 1 atom stereocenters. The fourth-order valence-corrected chi connectivity index (χ4v) is 2.35. The van der Waals surface area contributed by atoms with E-state index >= 15 is 0 Å². The Morgan fingerprint density at radius 1 is 1.41 bits per heavy atom. The van der Waals surface area contributed by atoms with Gasteiger partial charge in [-0.3, -0.25) is 9.69 Å². The highest BCUT2D eigenvalue weighted by Crippen LogP contribution is 2.26. The van der Waals surface area contributed by atoms with E-state index in [9.17, 15) is 14.0 Å². The molecule has 1 saturated heterocycles. The first-order chi connectivity index (χ1) is 10.3. The molecule has 1 aliphatic heterocycles. The molecule has 0 radical (unpaired) electrons. The van der Waals surface area contributed by atoms with Crippen LogP contribution in [-0.4, -0.2) is 35.6 Å². The molecule has 6 heteroatoms. The summed E-state index contributed by atoms with van der Waals surface area (Å²) in [5, 5.41) is 2.75. The van der Waals surface area contributed by atoms with Crippen molar-refractivity contribution in [3.63, 3.8) is 0 Å². The number of halogens is 1. The zero-order valence-corrected chi connectivity index (χ0v) is 13.1. The Hall–Kier alpha value is -2.11. The Balaban J connectivity index is 2.34. The van der Waals surface area contributed by atoms with E-state index in [-0.39, 0.29) is 5.91 Å². The van der Waals surface area contributed by atoms with Crippen LogP contribution in [0.4, 0.5) is 9.18 Å². The van der Waals surface area contributed by atoms with Gasteiger partial charge in [0.2, 0.25) is 5.91 Å². The minimum absolute atomic E-state index is 0.325. The van der Waals surface area contributed by atoms with Crippen LogP contribution in [0.1, 0.15) is 38.8 Å². The number of benzene rings is 1. The van der Waals surface area contributed by atoms with Gasteiger partial charge in [0.15, 0.2) is 0 Å². The zero-order chi connectivity index (χ0) is 16.3. The summed E-state index contributed by atoms with van der Waals surface area (Å²) in [6.45, 7) is 6.14. The molecule has 1 aliphatic rings. The summed E-state index contributed by atoms with van der Waals surface area (Å²) in [7, 11) is 0. The van der Waals surface area contributed by atoms with Crippen LogP contribution < -0.4 is 5.32 Å². The van der Waals surface area contributed by atoms with Crippen LogP contribution in [0.2, 0.25) is 0 Å². The Morgan fingerprint density at radius 3 is 2.77 bits per heavy atom. The molecule has 120 valence electrons. The Kier molecular flexibility index (Phi) is 4.68. The monoisotopic (exact) mass is 308 g/mol. The number of hydrogen-bond acceptors (Lipinski definition) is 3. The molecule has 2 rings (SSSR count). The SMILES string of the molecule is CC(C)(C)OC(=O)N1CCCNC(=O)C1c1cccc(F)c1. The van der Waals surface area contributed by atoms with Crippen LogP contribution >= 0.6 is 0 Å². The third-order valence-corrected chi connectivity index (χ3v) is 3.23. The average molecular weight is 308 g/mol. The van der Waals surface area contributed by atoms with Crippen LogP contribution in [0, 0.1) is 5.82 Å². The maximum atomic E-state index is 13.5. The lowest BCUT2D eigenvalue weighted by Gasteiger charge is -2.31. The number of amides is 2. The molecule has 5 nitrogen and oxygen atoms in total. The molecule has 0 saturated carbocycles. The van der Waals surface area contributed by atoms with Gasteiger partial charge in [-0.05, 0) is 44.9 Å². The lowest BCUT2D eigenvalue weighted by Crippen LogP contribution is -2.43. The van der Waals surface area contributed by atoms with E-state index in [2.05, 4.69) is 5.32 Å². The topological polar surface area (TPSA) is 58.6 Å². The molecular formula is C16H21FN2O3. The smallest absolute Gasteiger partial charge is 0.411 e. The Bertz CT molecular complexity index is 569. The van der Waals surface area contributed by atoms with Gasteiger partial charge >= 0.3 is 6.09 Å².